The van der Waals surface area contributed by atoms with Crippen molar-refractivity contribution in [2.24, 2.45) is 0 Å². The van der Waals surface area contributed by atoms with Crippen LogP contribution < -0.4 is 41.9 Å². The summed E-state index contributed by atoms with van der Waals surface area (Å²) >= 11 is 3.81. The molecule has 2 nitrogen and oxygen atoms in total. The molecule has 0 bridgehead atoms. The maximum atomic E-state index is 4.15. The Kier molecular flexibility index (Phi) is 8.45. The predicted octanol–water partition coefficient (Wildman–Crippen LogP) is 12.6. The van der Waals surface area contributed by atoms with Gasteiger partial charge in [0.1, 0.15) is 0 Å². The Labute approximate surface area is 404 Å². The Hall–Kier alpha value is -6.18. The van der Waals surface area contributed by atoms with E-state index in [0.717, 1.165) is 0 Å². The van der Waals surface area contributed by atoms with Crippen molar-refractivity contribution in [2.75, 3.05) is 10.2 Å². The molecule has 67 heavy (non-hydrogen) atoms. The summed E-state index contributed by atoms with van der Waals surface area (Å²) in [5.41, 5.74) is 18.4. The summed E-state index contributed by atoms with van der Waals surface area (Å²) in [5, 5.41) is 12.5. The third-order valence-corrected chi connectivity index (χ3v) is 23.4. The molecule has 1 aliphatic carbocycles. The Bertz CT molecular complexity index is 3600. The Balaban J connectivity index is 1.07. The first kappa shape index (κ1) is 39.9. The Morgan fingerprint density at radius 1 is 0.522 bits per heavy atom. The fourth-order valence-electron chi connectivity index (χ4n) is 12.6. The van der Waals surface area contributed by atoms with E-state index in [1.165, 1.54) is 142 Å². The summed E-state index contributed by atoms with van der Waals surface area (Å²) in [5.74, 6) is 0. The number of hydrogen-bond acceptors (Lipinski definition) is 4. The van der Waals surface area contributed by atoms with Crippen molar-refractivity contribution in [1.29, 1.82) is 0 Å². The highest BCUT2D eigenvalue weighted by Crippen LogP contribution is 2.54. The second-order valence-electron chi connectivity index (χ2n) is 20.6. The molecule has 4 aliphatic heterocycles. The van der Waals surface area contributed by atoms with Gasteiger partial charge in [0.2, 0.25) is 0 Å². The third-order valence-electron chi connectivity index (χ3n) is 15.9. The molecule has 0 amide bonds. The van der Waals surface area contributed by atoms with Gasteiger partial charge in [-0.2, -0.15) is 0 Å². The summed E-state index contributed by atoms with van der Waals surface area (Å²) in [6.45, 7) is 12.2. The fourth-order valence-corrected chi connectivity index (χ4v) is 20.3. The van der Waals surface area contributed by atoms with E-state index in [2.05, 4.69) is 222 Å². The SMILES string of the molecule is Cc1cc2c(cc1N1c3cc4c(cc3[B]c3c(-c5cccc6c5Nc5ccccc5[Si]65c6ccccc6-c6ccccc65)cc5ccccc5c31)Sc1ccccc1S4)C(C)(C)CCC2(C)C. The van der Waals surface area contributed by atoms with E-state index < -0.39 is 8.07 Å². The van der Waals surface area contributed by atoms with Crippen LogP contribution in [-0.4, -0.2) is 15.4 Å². The van der Waals surface area contributed by atoms with Crippen LogP contribution in [0, 0.1) is 6.92 Å². The lowest BCUT2D eigenvalue weighted by Gasteiger charge is -2.44. The average Bonchev–Trinajstić information content (AvgIpc) is 3.63. The fraction of sp³-hybridized carbons (Fsp3) is 0.148. The molecular formula is C61H48BN2S2Si. The van der Waals surface area contributed by atoms with Gasteiger partial charge in [0, 0.05) is 59.0 Å². The lowest BCUT2D eigenvalue weighted by Crippen LogP contribution is -2.74. The van der Waals surface area contributed by atoms with Gasteiger partial charge in [-0.3, -0.25) is 0 Å². The number of para-hydroxylation sites is 2. The first-order valence-electron chi connectivity index (χ1n) is 23.8. The monoisotopic (exact) mass is 911 g/mol. The Morgan fingerprint density at radius 2 is 1.10 bits per heavy atom. The van der Waals surface area contributed by atoms with E-state index in [9.17, 15) is 0 Å². The molecule has 0 saturated carbocycles. The molecule has 1 radical (unpaired) electrons. The molecule has 9 aromatic rings. The molecule has 0 saturated heterocycles. The maximum absolute atomic E-state index is 4.15. The van der Waals surface area contributed by atoms with Crippen molar-refractivity contribution in [3.8, 4) is 22.3 Å². The number of anilines is 5. The predicted molar refractivity (Wildman–Crippen MR) is 290 cm³/mol. The molecule has 0 aromatic heterocycles. The van der Waals surface area contributed by atoms with Crippen LogP contribution >= 0.6 is 23.5 Å². The maximum Gasteiger partial charge on any atom is 0.197 e. The topological polar surface area (TPSA) is 15.3 Å². The van der Waals surface area contributed by atoms with Crippen molar-refractivity contribution in [2.45, 2.75) is 77.9 Å². The van der Waals surface area contributed by atoms with Crippen LogP contribution in [0.2, 0.25) is 0 Å². The van der Waals surface area contributed by atoms with Gasteiger partial charge in [0.25, 0.3) is 0 Å². The highest BCUT2D eigenvalue weighted by Gasteiger charge is 2.53. The van der Waals surface area contributed by atoms with Crippen LogP contribution in [0.5, 0.6) is 0 Å². The number of rotatable bonds is 2. The molecule has 4 heterocycles. The molecule has 0 unspecified atom stereocenters. The molecule has 1 spiro atoms. The number of nitrogens with one attached hydrogen (secondary N) is 1. The number of benzene rings is 9. The lowest BCUT2D eigenvalue weighted by atomic mass is 9.57. The number of nitrogens with zero attached hydrogens (tertiary/aromatic N) is 1. The van der Waals surface area contributed by atoms with Gasteiger partial charge in [0.15, 0.2) is 15.4 Å². The largest absolute Gasteiger partial charge is 0.355 e. The van der Waals surface area contributed by atoms with Gasteiger partial charge >= 0.3 is 0 Å². The second kappa shape index (κ2) is 14.2. The molecule has 321 valence electrons. The molecule has 9 aromatic carbocycles. The summed E-state index contributed by atoms with van der Waals surface area (Å²) in [6, 6.07) is 65.5. The zero-order valence-corrected chi connectivity index (χ0v) is 41.1. The molecule has 5 aliphatic rings. The van der Waals surface area contributed by atoms with Gasteiger partial charge in [-0.25, -0.2) is 0 Å². The Morgan fingerprint density at radius 3 is 1.84 bits per heavy atom. The standard InChI is InChI=1S/C61H48BN2S2Si/c1-36-31-43-44(61(4,5)30-29-60(43,2)3)33-47(36)64-48-35-52-51(65-49-23-11-12-24-50(49)66-52)34-45(48)62-57-42(32-37-17-6-7-18-38(37)59(57)64)41-21-16-28-56-58(41)63-46-22-10-15-27-55(46)67(56)53-25-13-8-19-39(53)40-20-9-14-26-54(40)67/h6-28,31-35,63H,29-30H2,1-5H3. The third kappa shape index (κ3) is 5.55. The smallest absolute Gasteiger partial charge is 0.197 e. The van der Waals surface area contributed by atoms with E-state index in [-0.39, 0.29) is 10.8 Å². The molecule has 0 atom stereocenters. The minimum atomic E-state index is -2.76. The van der Waals surface area contributed by atoms with Crippen LogP contribution in [0.3, 0.4) is 0 Å². The van der Waals surface area contributed by atoms with Crippen LogP contribution in [0.25, 0.3) is 33.0 Å². The quantitative estimate of drug-likeness (QED) is 0.174. The zero-order chi connectivity index (χ0) is 45.0. The first-order chi connectivity index (χ1) is 32.6. The summed E-state index contributed by atoms with van der Waals surface area (Å²) in [7, 11) is -0.233. The summed E-state index contributed by atoms with van der Waals surface area (Å²) in [6.07, 6.45) is 2.35. The van der Waals surface area contributed by atoms with Crippen LogP contribution in [0.1, 0.15) is 57.2 Å². The van der Waals surface area contributed by atoms with E-state index >= 15 is 0 Å². The molecule has 14 rings (SSSR count). The molecule has 6 heteroatoms. The first-order valence-corrected chi connectivity index (χ1v) is 27.4. The van der Waals surface area contributed by atoms with Crippen molar-refractivity contribution in [3.05, 3.63) is 187 Å². The lowest BCUT2D eigenvalue weighted by molar-refractivity contribution is 0.332. The zero-order valence-electron chi connectivity index (χ0n) is 38.4. The van der Waals surface area contributed by atoms with Gasteiger partial charge in [-0.15, -0.1) is 0 Å². The van der Waals surface area contributed by atoms with E-state index in [4.69, 9.17) is 0 Å². The van der Waals surface area contributed by atoms with Crippen molar-refractivity contribution in [3.63, 3.8) is 0 Å². The summed E-state index contributed by atoms with van der Waals surface area (Å²) in [4.78, 5) is 7.95. The average molecular weight is 912 g/mol. The van der Waals surface area contributed by atoms with Gasteiger partial charge < -0.3 is 10.2 Å². The highest BCUT2D eigenvalue weighted by atomic mass is 32.2. The molecule has 0 fully saturated rings. The van der Waals surface area contributed by atoms with Crippen molar-refractivity contribution >= 4 is 110 Å². The highest BCUT2D eigenvalue weighted by molar-refractivity contribution is 8.05. The van der Waals surface area contributed by atoms with Crippen LogP contribution in [0.15, 0.2) is 189 Å². The molecular weight excluding hydrogens is 864 g/mol. The summed E-state index contributed by atoms with van der Waals surface area (Å²) < 4.78 is 0. The van der Waals surface area contributed by atoms with E-state index in [1.807, 2.05) is 23.5 Å². The number of hydrogen-bond donors (Lipinski definition) is 1. The second-order valence-corrected chi connectivity index (χ2v) is 26.4. The van der Waals surface area contributed by atoms with E-state index in [0.29, 0.717) is 0 Å². The number of aryl methyl sites for hydroxylation is 1. The van der Waals surface area contributed by atoms with Crippen molar-refractivity contribution < 1.29 is 0 Å². The normalized spacial score (nSPS) is 16.8. The van der Waals surface area contributed by atoms with Crippen molar-refractivity contribution in [1.82, 2.24) is 0 Å². The molecule has 1 N–H and O–H groups in total. The van der Waals surface area contributed by atoms with E-state index in [1.54, 1.807) is 0 Å². The minimum Gasteiger partial charge on any atom is -0.355 e. The van der Waals surface area contributed by atoms with Crippen LogP contribution in [-0.2, 0) is 10.8 Å². The van der Waals surface area contributed by atoms with Crippen LogP contribution in [0.4, 0.5) is 28.4 Å². The number of fused-ring (bicyclic) bond motifs is 16. The minimum absolute atomic E-state index is 0.0548. The van der Waals surface area contributed by atoms with Gasteiger partial charge in [-0.1, -0.05) is 190 Å². The van der Waals surface area contributed by atoms with Gasteiger partial charge in [0.05, 0.1) is 0 Å². The van der Waals surface area contributed by atoms with Gasteiger partial charge in [-0.05, 0) is 132 Å².